The molecule has 2 bridgehead atoms. The van der Waals surface area contributed by atoms with Crippen LogP contribution in [0.15, 0.2) is 18.2 Å². The van der Waals surface area contributed by atoms with Gasteiger partial charge in [0.15, 0.2) is 22.3 Å². The quantitative estimate of drug-likeness (QED) is 0.848. The number of hydrogen-bond donors (Lipinski definition) is 1. The second-order valence-electron chi connectivity index (χ2n) is 7.00. The third kappa shape index (κ3) is 2.27. The van der Waals surface area contributed by atoms with Crippen molar-refractivity contribution >= 4 is 17.3 Å². The highest BCUT2D eigenvalue weighted by Crippen LogP contribution is 2.51. The van der Waals surface area contributed by atoms with Crippen LogP contribution in [0.25, 0.3) is 0 Å². The maximum absolute atomic E-state index is 6.54. The van der Waals surface area contributed by atoms with Crippen LogP contribution < -0.4 is 14.8 Å². The van der Waals surface area contributed by atoms with E-state index in [2.05, 4.69) is 30.1 Å². The van der Waals surface area contributed by atoms with Crippen molar-refractivity contribution in [3.63, 3.8) is 0 Å². The summed E-state index contributed by atoms with van der Waals surface area (Å²) in [6, 6.07) is 6.16. The molecule has 0 aliphatic carbocycles. The number of hydrogen-bond acceptors (Lipinski definition) is 4. The first-order chi connectivity index (χ1) is 11.5. The van der Waals surface area contributed by atoms with Crippen LogP contribution in [0.1, 0.15) is 38.3 Å². The maximum Gasteiger partial charge on any atom is 0.187 e. The molecule has 130 valence electrons. The average Bonchev–Trinajstić information content (AvgIpc) is 3.08. The standard InChI is InChI=1S/C18H24N2O3S/c1-11-15-13-7-4-8-14(21-3)16(13)23-18(11,2)20(17(24)19-15)10-12-6-5-9-22-12/h4,7-8,11-12,15H,5-6,9-10H2,1-3H3,(H,19,24). The van der Waals surface area contributed by atoms with Gasteiger partial charge in [-0.25, -0.2) is 0 Å². The number of benzene rings is 1. The number of methoxy groups -OCH3 is 1. The molecule has 0 amide bonds. The van der Waals surface area contributed by atoms with Gasteiger partial charge < -0.3 is 24.4 Å². The molecule has 2 saturated heterocycles. The predicted molar refractivity (Wildman–Crippen MR) is 95.3 cm³/mol. The molecule has 6 heteroatoms. The van der Waals surface area contributed by atoms with Gasteiger partial charge in [-0.2, -0.15) is 0 Å². The average molecular weight is 348 g/mol. The molecule has 1 N–H and O–H groups in total. The predicted octanol–water partition coefficient (Wildman–Crippen LogP) is 2.85. The number of ether oxygens (including phenoxy) is 3. The molecule has 4 unspecified atom stereocenters. The molecular formula is C18H24N2O3S. The Morgan fingerprint density at radius 2 is 2.29 bits per heavy atom. The van der Waals surface area contributed by atoms with Gasteiger partial charge in [0, 0.05) is 18.1 Å². The van der Waals surface area contributed by atoms with E-state index in [0.717, 1.165) is 48.2 Å². The summed E-state index contributed by atoms with van der Waals surface area (Å²) in [6.07, 6.45) is 2.41. The van der Waals surface area contributed by atoms with E-state index in [1.807, 2.05) is 12.1 Å². The third-order valence-corrected chi connectivity index (χ3v) is 6.03. The van der Waals surface area contributed by atoms with Crippen molar-refractivity contribution in [3.05, 3.63) is 23.8 Å². The highest BCUT2D eigenvalue weighted by Gasteiger charge is 2.54. The molecule has 0 spiro atoms. The van der Waals surface area contributed by atoms with Crippen LogP contribution in [-0.4, -0.2) is 42.1 Å². The number of nitrogens with one attached hydrogen (secondary N) is 1. The Labute approximate surface area is 148 Å². The van der Waals surface area contributed by atoms with Gasteiger partial charge in [0.25, 0.3) is 0 Å². The Balaban J connectivity index is 1.73. The van der Waals surface area contributed by atoms with E-state index in [1.54, 1.807) is 7.11 Å². The lowest BCUT2D eigenvalue weighted by Crippen LogP contribution is -2.69. The Morgan fingerprint density at radius 1 is 1.46 bits per heavy atom. The van der Waals surface area contributed by atoms with Crippen molar-refractivity contribution < 1.29 is 14.2 Å². The van der Waals surface area contributed by atoms with Crippen LogP contribution in [0.5, 0.6) is 11.5 Å². The minimum absolute atomic E-state index is 0.127. The van der Waals surface area contributed by atoms with Gasteiger partial charge in [-0.05, 0) is 38.0 Å². The summed E-state index contributed by atoms with van der Waals surface area (Å²) in [5.74, 6) is 1.82. The minimum Gasteiger partial charge on any atom is -0.493 e. The summed E-state index contributed by atoms with van der Waals surface area (Å²) in [7, 11) is 1.68. The van der Waals surface area contributed by atoms with Crippen LogP contribution in [0.2, 0.25) is 0 Å². The zero-order valence-corrected chi connectivity index (χ0v) is 15.2. The molecule has 0 aromatic heterocycles. The van der Waals surface area contributed by atoms with Gasteiger partial charge >= 0.3 is 0 Å². The van der Waals surface area contributed by atoms with Crippen molar-refractivity contribution in [3.8, 4) is 11.5 Å². The second-order valence-corrected chi connectivity index (χ2v) is 7.38. The Hall–Kier alpha value is -1.53. The second kappa shape index (κ2) is 5.77. The fraction of sp³-hybridized carbons (Fsp3) is 0.611. The van der Waals surface area contributed by atoms with Gasteiger partial charge in [0.2, 0.25) is 0 Å². The highest BCUT2D eigenvalue weighted by atomic mass is 32.1. The fourth-order valence-corrected chi connectivity index (χ4v) is 4.48. The largest absolute Gasteiger partial charge is 0.493 e. The third-order valence-electron chi connectivity index (χ3n) is 5.69. The van der Waals surface area contributed by atoms with Crippen LogP contribution in [0, 0.1) is 5.92 Å². The minimum atomic E-state index is -0.513. The first-order valence-electron chi connectivity index (χ1n) is 8.60. The summed E-state index contributed by atoms with van der Waals surface area (Å²) in [4.78, 5) is 2.16. The molecule has 2 fully saturated rings. The van der Waals surface area contributed by atoms with Crippen molar-refractivity contribution in [1.82, 2.24) is 10.2 Å². The zero-order chi connectivity index (χ0) is 16.9. The van der Waals surface area contributed by atoms with E-state index in [1.165, 1.54) is 0 Å². The topological polar surface area (TPSA) is 43.0 Å². The summed E-state index contributed by atoms with van der Waals surface area (Å²) in [5.41, 5.74) is 0.596. The van der Waals surface area contributed by atoms with E-state index >= 15 is 0 Å². The molecule has 0 radical (unpaired) electrons. The van der Waals surface area contributed by atoms with Gasteiger partial charge in [0.1, 0.15) is 0 Å². The molecule has 1 aromatic carbocycles. The zero-order valence-electron chi connectivity index (χ0n) is 14.4. The number of nitrogens with zero attached hydrogens (tertiary/aromatic N) is 1. The molecule has 4 rings (SSSR count). The van der Waals surface area contributed by atoms with Crippen LogP contribution in [0.4, 0.5) is 0 Å². The SMILES string of the molecule is COc1cccc2c1OC1(C)C(C)C2NC(=S)N1CC1CCCO1. The highest BCUT2D eigenvalue weighted by molar-refractivity contribution is 7.80. The molecule has 4 atom stereocenters. The normalized spacial score (nSPS) is 34.4. The first kappa shape index (κ1) is 16.0. The Bertz CT molecular complexity index is 662. The van der Waals surface area contributed by atoms with E-state index in [-0.39, 0.29) is 18.1 Å². The van der Waals surface area contributed by atoms with Crippen LogP contribution >= 0.6 is 12.2 Å². The van der Waals surface area contributed by atoms with Crippen molar-refractivity contribution in [2.75, 3.05) is 20.3 Å². The van der Waals surface area contributed by atoms with Gasteiger partial charge in [-0.3, -0.25) is 0 Å². The van der Waals surface area contributed by atoms with Gasteiger partial charge in [0.05, 0.1) is 25.8 Å². The van der Waals surface area contributed by atoms with Crippen LogP contribution in [0.3, 0.4) is 0 Å². The molecule has 24 heavy (non-hydrogen) atoms. The molecule has 5 nitrogen and oxygen atoms in total. The lowest BCUT2D eigenvalue weighted by Gasteiger charge is -2.56. The molecule has 0 saturated carbocycles. The van der Waals surface area contributed by atoms with E-state index in [4.69, 9.17) is 26.4 Å². The van der Waals surface area contributed by atoms with Crippen LogP contribution in [-0.2, 0) is 4.74 Å². The molecule has 3 aliphatic heterocycles. The smallest absolute Gasteiger partial charge is 0.187 e. The number of thiocarbonyl (C=S) groups is 1. The Morgan fingerprint density at radius 3 is 3.00 bits per heavy atom. The van der Waals surface area contributed by atoms with Gasteiger partial charge in [-0.15, -0.1) is 0 Å². The maximum atomic E-state index is 6.54. The first-order valence-corrected chi connectivity index (χ1v) is 9.01. The number of rotatable bonds is 3. The van der Waals surface area contributed by atoms with E-state index in [9.17, 15) is 0 Å². The Kier molecular flexibility index (Phi) is 3.84. The van der Waals surface area contributed by atoms with Gasteiger partial charge in [-0.1, -0.05) is 19.1 Å². The molecule has 3 heterocycles. The molecule has 1 aromatic rings. The number of para-hydroxylation sites is 1. The fourth-order valence-electron chi connectivity index (χ4n) is 4.10. The van der Waals surface area contributed by atoms with Crippen molar-refractivity contribution in [2.45, 2.75) is 44.6 Å². The van der Waals surface area contributed by atoms with Crippen molar-refractivity contribution in [2.24, 2.45) is 5.92 Å². The monoisotopic (exact) mass is 348 g/mol. The number of fused-ring (bicyclic) bond motifs is 4. The summed E-state index contributed by atoms with van der Waals surface area (Å²) < 4.78 is 17.9. The lowest BCUT2D eigenvalue weighted by molar-refractivity contribution is -0.121. The molecular weight excluding hydrogens is 324 g/mol. The summed E-state index contributed by atoms with van der Waals surface area (Å²) in [5, 5.41) is 4.26. The summed E-state index contributed by atoms with van der Waals surface area (Å²) in [6.45, 7) is 5.93. The summed E-state index contributed by atoms with van der Waals surface area (Å²) >= 11 is 5.68. The lowest BCUT2D eigenvalue weighted by atomic mass is 9.80. The van der Waals surface area contributed by atoms with E-state index < -0.39 is 5.72 Å². The molecule has 3 aliphatic rings. The van der Waals surface area contributed by atoms with Crippen molar-refractivity contribution in [1.29, 1.82) is 0 Å². The van der Waals surface area contributed by atoms with E-state index in [0.29, 0.717) is 0 Å².